The van der Waals surface area contributed by atoms with Crippen LogP contribution >= 0.6 is 0 Å². The van der Waals surface area contributed by atoms with Crippen LogP contribution in [0.2, 0.25) is 0 Å². The number of allylic oxidation sites excluding steroid dienone is 3. The number of sulfonamides is 1. The maximum atomic E-state index is 14.6. The molecule has 0 bridgehead atoms. The molecule has 2 N–H and O–H groups in total. The van der Waals surface area contributed by atoms with Gasteiger partial charge in [0.25, 0.3) is 0 Å². The molecule has 0 radical (unpaired) electrons. The third-order valence-electron chi connectivity index (χ3n) is 13.6. The number of nitrogens with one attached hydrogen (secondary N) is 1. The summed E-state index contributed by atoms with van der Waals surface area (Å²) in [6, 6.07) is 5.23. The zero-order chi connectivity index (χ0) is 32.4. The fourth-order valence-corrected chi connectivity index (χ4v) is 12.1. The fraction of sp³-hybridized carbons (Fsp3) is 0.657. The SMILES string of the molecule is CC1(C)C(=O)C(C#N)=C[C@]2(C)C3=CC(=O)[C@]4(O)[C@@H]5C[C@@](C)(NS(=O)(=O)c6cccnc6)CC[C@]5(C)CC[C@@]4(C)[C@]3(C)CC[C@@H]12. The summed E-state index contributed by atoms with van der Waals surface area (Å²) >= 11 is 0. The summed E-state index contributed by atoms with van der Waals surface area (Å²) in [5, 5.41) is 23.0. The number of hydrogen-bond acceptors (Lipinski definition) is 7. The van der Waals surface area contributed by atoms with Crippen molar-refractivity contribution in [2.75, 3.05) is 0 Å². The van der Waals surface area contributed by atoms with Crippen LogP contribution in [0.3, 0.4) is 0 Å². The number of fused-ring (bicyclic) bond motifs is 7. The minimum absolute atomic E-state index is 0.0827. The first kappa shape index (κ1) is 31.3. The van der Waals surface area contributed by atoms with Gasteiger partial charge in [-0.25, -0.2) is 13.1 Å². The number of Topliss-reactive ketones (excluding diaryl/α,β-unsaturated/α-hetero) is 1. The lowest BCUT2D eigenvalue weighted by atomic mass is 9.33. The molecule has 0 amide bonds. The molecular formula is C35H45N3O5S. The molecule has 1 aromatic heterocycles. The molecule has 5 aliphatic rings. The predicted octanol–water partition coefficient (Wildman–Crippen LogP) is 5.45. The number of nitrogens with zero attached hydrogens (tertiary/aromatic N) is 2. The van der Waals surface area contributed by atoms with Crippen molar-refractivity contribution in [3.05, 3.63) is 47.8 Å². The lowest BCUT2D eigenvalue weighted by Gasteiger charge is -2.71. The van der Waals surface area contributed by atoms with Gasteiger partial charge >= 0.3 is 0 Å². The molecule has 0 saturated heterocycles. The summed E-state index contributed by atoms with van der Waals surface area (Å²) in [5.74, 6) is -1.06. The highest BCUT2D eigenvalue weighted by Gasteiger charge is 2.75. The third kappa shape index (κ3) is 3.80. The first-order valence-corrected chi connectivity index (χ1v) is 17.3. The highest BCUT2D eigenvalue weighted by atomic mass is 32.2. The van der Waals surface area contributed by atoms with Crippen LogP contribution in [0.4, 0.5) is 0 Å². The molecule has 236 valence electrons. The normalized spacial score (nSPS) is 44.6. The predicted molar refractivity (Wildman–Crippen MR) is 165 cm³/mol. The van der Waals surface area contributed by atoms with Gasteiger partial charge in [0.05, 0.1) is 5.57 Å². The van der Waals surface area contributed by atoms with E-state index >= 15 is 0 Å². The molecule has 8 nitrogen and oxygen atoms in total. The second-order valence-electron chi connectivity index (χ2n) is 16.2. The summed E-state index contributed by atoms with van der Waals surface area (Å²) in [5.41, 5.74) is -4.79. The van der Waals surface area contributed by atoms with Gasteiger partial charge in [0.2, 0.25) is 10.0 Å². The zero-order valence-corrected chi connectivity index (χ0v) is 27.8. The van der Waals surface area contributed by atoms with E-state index in [2.05, 4.69) is 43.5 Å². The monoisotopic (exact) mass is 619 g/mol. The van der Waals surface area contributed by atoms with E-state index < -0.39 is 48.7 Å². The number of aromatic nitrogens is 1. The molecule has 5 aliphatic carbocycles. The Labute approximate surface area is 261 Å². The van der Waals surface area contributed by atoms with Gasteiger partial charge in [0.15, 0.2) is 11.6 Å². The van der Waals surface area contributed by atoms with Gasteiger partial charge in [0.1, 0.15) is 16.6 Å². The molecule has 6 rings (SSSR count). The Balaban J connectivity index is 1.46. The van der Waals surface area contributed by atoms with E-state index in [0.29, 0.717) is 32.1 Å². The van der Waals surface area contributed by atoms with Crippen molar-refractivity contribution in [3.8, 4) is 6.07 Å². The molecule has 3 fully saturated rings. The van der Waals surface area contributed by atoms with Crippen molar-refractivity contribution in [2.45, 2.75) is 109 Å². The fourth-order valence-electron chi connectivity index (χ4n) is 10.7. The second kappa shape index (κ2) is 9.20. The van der Waals surface area contributed by atoms with Gasteiger partial charge in [-0.3, -0.25) is 14.6 Å². The molecule has 0 spiro atoms. The molecule has 3 saturated carbocycles. The Kier molecular flexibility index (Phi) is 6.55. The quantitative estimate of drug-likeness (QED) is 0.459. The van der Waals surface area contributed by atoms with Crippen LogP contribution in [0.15, 0.2) is 52.7 Å². The molecule has 0 unspecified atom stereocenters. The van der Waals surface area contributed by atoms with Gasteiger partial charge in [-0.05, 0) is 92.4 Å². The minimum Gasteiger partial charge on any atom is -0.381 e. The van der Waals surface area contributed by atoms with E-state index in [-0.39, 0.29) is 33.4 Å². The van der Waals surface area contributed by atoms with Crippen molar-refractivity contribution < 1.29 is 23.1 Å². The van der Waals surface area contributed by atoms with E-state index in [4.69, 9.17) is 0 Å². The number of aliphatic hydroxyl groups is 1. The summed E-state index contributed by atoms with van der Waals surface area (Å²) in [6.07, 6.45) is 10.8. The van der Waals surface area contributed by atoms with Crippen LogP contribution in [0, 0.1) is 50.2 Å². The van der Waals surface area contributed by atoms with E-state index in [1.165, 1.54) is 18.5 Å². The standard InChI is InChI=1S/C35H45N3O5S/c1-29(2)24-10-11-33(6)25(32(24,5)18-22(20-36)28(29)40)17-27(39)35(41)26-19-31(4,14-12-30(26,3)13-15-34(33,35)7)38-44(42,43)23-9-8-16-37-21-23/h8-9,16-18,21,24,26,38,41H,10-15,19H2,1-7H3/t24-,26+,30+,31-,32-,33+,34-,35+/m0/s1. The maximum Gasteiger partial charge on any atom is 0.242 e. The zero-order valence-electron chi connectivity index (χ0n) is 27.0. The van der Waals surface area contributed by atoms with Gasteiger partial charge in [-0.2, -0.15) is 5.26 Å². The third-order valence-corrected chi connectivity index (χ3v) is 15.2. The van der Waals surface area contributed by atoms with E-state index in [1.807, 2.05) is 20.8 Å². The number of pyridine rings is 1. The maximum absolute atomic E-state index is 14.6. The molecule has 0 aromatic carbocycles. The second-order valence-corrected chi connectivity index (χ2v) is 17.9. The van der Waals surface area contributed by atoms with E-state index in [0.717, 1.165) is 18.4 Å². The molecule has 8 atom stereocenters. The average Bonchev–Trinajstić information content (AvgIpc) is 2.95. The van der Waals surface area contributed by atoms with Crippen molar-refractivity contribution in [1.82, 2.24) is 9.71 Å². The molecule has 0 aliphatic heterocycles. The van der Waals surface area contributed by atoms with Crippen molar-refractivity contribution in [2.24, 2.45) is 38.9 Å². The van der Waals surface area contributed by atoms with Crippen LogP contribution in [0.25, 0.3) is 0 Å². The van der Waals surface area contributed by atoms with Gasteiger partial charge < -0.3 is 5.11 Å². The summed E-state index contributed by atoms with van der Waals surface area (Å²) in [4.78, 5) is 32.0. The number of rotatable bonds is 3. The summed E-state index contributed by atoms with van der Waals surface area (Å²) in [6.45, 7) is 14.1. The van der Waals surface area contributed by atoms with Gasteiger partial charge in [0, 0.05) is 40.1 Å². The number of hydrogen-bond donors (Lipinski definition) is 2. The lowest BCUT2D eigenvalue weighted by molar-refractivity contribution is -0.239. The Morgan fingerprint density at radius 2 is 1.68 bits per heavy atom. The lowest BCUT2D eigenvalue weighted by Crippen LogP contribution is -2.74. The van der Waals surface area contributed by atoms with Crippen LogP contribution in [0.1, 0.15) is 93.4 Å². The number of carbonyl (C=O) groups excluding carboxylic acids is 2. The molecular weight excluding hydrogens is 574 g/mol. The van der Waals surface area contributed by atoms with Crippen LogP contribution in [0.5, 0.6) is 0 Å². The van der Waals surface area contributed by atoms with E-state index in [1.54, 1.807) is 18.2 Å². The molecule has 1 heterocycles. The molecule has 44 heavy (non-hydrogen) atoms. The Morgan fingerprint density at radius 1 is 1.00 bits per heavy atom. The number of ketones is 2. The highest BCUT2D eigenvalue weighted by Crippen LogP contribution is 2.75. The molecule has 1 aromatic rings. The van der Waals surface area contributed by atoms with Crippen LogP contribution in [-0.4, -0.2) is 41.2 Å². The van der Waals surface area contributed by atoms with Crippen LogP contribution in [-0.2, 0) is 19.6 Å². The Bertz CT molecular complexity index is 1680. The van der Waals surface area contributed by atoms with Crippen molar-refractivity contribution in [1.29, 1.82) is 5.26 Å². The smallest absolute Gasteiger partial charge is 0.242 e. The largest absolute Gasteiger partial charge is 0.381 e. The van der Waals surface area contributed by atoms with Gasteiger partial charge in [-0.15, -0.1) is 0 Å². The number of nitriles is 1. The number of carbonyl (C=O) groups is 2. The van der Waals surface area contributed by atoms with E-state index in [9.17, 15) is 28.4 Å². The summed E-state index contributed by atoms with van der Waals surface area (Å²) in [7, 11) is -3.88. The average molecular weight is 620 g/mol. The molecule has 9 heteroatoms. The summed E-state index contributed by atoms with van der Waals surface area (Å²) < 4.78 is 29.8. The van der Waals surface area contributed by atoms with Crippen molar-refractivity contribution >= 4 is 21.6 Å². The van der Waals surface area contributed by atoms with Gasteiger partial charge in [-0.1, -0.05) is 47.6 Å². The highest BCUT2D eigenvalue weighted by molar-refractivity contribution is 7.89. The Hall–Kier alpha value is -2.67. The topological polar surface area (TPSA) is 137 Å². The van der Waals surface area contributed by atoms with Crippen LogP contribution < -0.4 is 4.72 Å². The van der Waals surface area contributed by atoms with Crippen molar-refractivity contribution in [3.63, 3.8) is 0 Å². The first-order chi connectivity index (χ1) is 20.2. The minimum atomic E-state index is -3.88. The Morgan fingerprint density at radius 3 is 2.32 bits per heavy atom. The first-order valence-electron chi connectivity index (χ1n) is 15.9.